The fourth-order valence-corrected chi connectivity index (χ4v) is 3.58. The number of ether oxygens (including phenoxy) is 1. The molecule has 0 amide bonds. The number of nitrogens with zero attached hydrogens (tertiary/aromatic N) is 1. The SMILES string of the molecule is CN(CC1CCC2(CCCC2)O1)c1cccc(N)c1. The molecule has 1 aliphatic carbocycles. The molecule has 1 spiro atoms. The largest absolute Gasteiger partial charge is 0.399 e. The van der Waals surface area contributed by atoms with E-state index in [1.54, 1.807) is 0 Å². The summed E-state index contributed by atoms with van der Waals surface area (Å²) in [5.74, 6) is 0. The van der Waals surface area contributed by atoms with Crippen molar-refractivity contribution < 1.29 is 4.74 Å². The summed E-state index contributed by atoms with van der Waals surface area (Å²) in [4.78, 5) is 2.26. The molecule has 1 aliphatic heterocycles. The summed E-state index contributed by atoms with van der Waals surface area (Å²) in [5.41, 5.74) is 8.08. The van der Waals surface area contributed by atoms with E-state index in [1.807, 2.05) is 18.2 Å². The van der Waals surface area contributed by atoms with Crippen LogP contribution in [0.3, 0.4) is 0 Å². The quantitative estimate of drug-likeness (QED) is 0.848. The van der Waals surface area contributed by atoms with Gasteiger partial charge >= 0.3 is 0 Å². The van der Waals surface area contributed by atoms with Crippen LogP contribution in [0.4, 0.5) is 11.4 Å². The third kappa shape index (κ3) is 2.71. The first-order chi connectivity index (χ1) is 9.17. The number of hydrogen-bond donors (Lipinski definition) is 1. The van der Waals surface area contributed by atoms with Crippen molar-refractivity contribution in [3.05, 3.63) is 24.3 Å². The normalized spacial score (nSPS) is 25.0. The first-order valence-corrected chi connectivity index (χ1v) is 7.41. The smallest absolute Gasteiger partial charge is 0.0758 e. The molecular formula is C16H24N2O. The second-order valence-electron chi connectivity index (χ2n) is 6.14. The van der Waals surface area contributed by atoms with Crippen molar-refractivity contribution in [3.8, 4) is 0 Å². The van der Waals surface area contributed by atoms with Gasteiger partial charge in [-0.15, -0.1) is 0 Å². The van der Waals surface area contributed by atoms with Crippen LogP contribution in [0, 0.1) is 0 Å². The predicted octanol–water partition coefficient (Wildman–Crippen LogP) is 3.20. The molecule has 19 heavy (non-hydrogen) atoms. The zero-order valence-electron chi connectivity index (χ0n) is 11.8. The minimum atomic E-state index is 0.237. The molecule has 1 heterocycles. The number of hydrogen-bond acceptors (Lipinski definition) is 3. The molecular weight excluding hydrogens is 236 g/mol. The monoisotopic (exact) mass is 260 g/mol. The Morgan fingerprint density at radius 1 is 1.32 bits per heavy atom. The molecule has 104 valence electrons. The Morgan fingerprint density at radius 3 is 2.84 bits per heavy atom. The average molecular weight is 260 g/mol. The van der Waals surface area contributed by atoms with Crippen LogP contribution in [0.1, 0.15) is 38.5 Å². The number of rotatable bonds is 3. The van der Waals surface area contributed by atoms with Crippen molar-refractivity contribution in [1.82, 2.24) is 0 Å². The maximum Gasteiger partial charge on any atom is 0.0758 e. The maximum atomic E-state index is 6.36. The molecule has 1 aromatic carbocycles. The van der Waals surface area contributed by atoms with Crippen molar-refractivity contribution in [1.29, 1.82) is 0 Å². The summed E-state index contributed by atoms with van der Waals surface area (Å²) in [6.07, 6.45) is 8.06. The fourth-order valence-electron chi connectivity index (χ4n) is 3.58. The molecule has 3 nitrogen and oxygen atoms in total. The van der Waals surface area contributed by atoms with E-state index in [0.29, 0.717) is 6.10 Å². The van der Waals surface area contributed by atoms with Crippen molar-refractivity contribution in [2.24, 2.45) is 0 Å². The van der Waals surface area contributed by atoms with Crippen LogP contribution in [0.15, 0.2) is 24.3 Å². The van der Waals surface area contributed by atoms with Gasteiger partial charge in [-0.05, 0) is 43.9 Å². The van der Waals surface area contributed by atoms with Crippen molar-refractivity contribution in [3.63, 3.8) is 0 Å². The molecule has 1 unspecified atom stereocenters. The summed E-state index contributed by atoms with van der Waals surface area (Å²) in [5, 5.41) is 0. The third-order valence-electron chi connectivity index (χ3n) is 4.64. The van der Waals surface area contributed by atoms with Gasteiger partial charge in [0.05, 0.1) is 11.7 Å². The van der Waals surface area contributed by atoms with Crippen LogP contribution in [0.5, 0.6) is 0 Å². The highest BCUT2D eigenvalue weighted by molar-refractivity contribution is 5.55. The lowest BCUT2D eigenvalue weighted by Crippen LogP contribution is -2.32. The van der Waals surface area contributed by atoms with Crippen LogP contribution in [-0.2, 0) is 4.74 Å². The van der Waals surface area contributed by atoms with Gasteiger partial charge in [0.2, 0.25) is 0 Å². The van der Waals surface area contributed by atoms with Crippen LogP contribution < -0.4 is 10.6 Å². The minimum Gasteiger partial charge on any atom is -0.399 e. The van der Waals surface area contributed by atoms with E-state index < -0.39 is 0 Å². The molecule has 1 atom stereocenters. The molecule has 2 N–H and O–H groups in total. The molecule has 1 saturated heterocycles. The first-order valence-electron chi connectivity index (χ1n) is 7.41. The second kappa shape index (κ2) is 5.04. The van der Waals surface area contributed by atoms with Crippen LogP contribution in [-0.4, -0.2) is 25.3 Å². The summed E-state index contributed by atoms with van der Waals surface area (Å²) < 4.78 is 6.36. The highest BCUT2D eigenvalue weighted by Gasteiger charge is 2.42. The van der Waals surface area contributed by atoms with E-state index in [9.17, 15) is 0 Å². The number of nitrogen functional groups attached to an aromatic ring is 1. The Morgan fingerprint density at radius 2 is 2.11 bits per heavy atom. The van der Waals surface area contributed by atoms with E-state index in [2.05, 4.69) is 18.0 Å². The molecule has 3 rings (SSSR count). The molecule has 0 radical (unpaired) electrons. The summed E-state index contributed by atoms with van der Waals surface area (Å²) in [7, 11) is 2.12. The van der Waals surface area contributed by atoms with Gasteiger partial charge in [-0.1, -0.05) is 18.9 Å². The number of likely N-dealkylation sites (N-methyl/N-ethyl adjacent to an activating group) is 1. The summed E-state index contributed by atoms with van der Waals surface area (Å²) in [6, 6.07) is 8.07. The van der Waals surface area contributed by atoms with Crippen LogP contribution in [0.2, 0.25) is 0 Å². The number of anilines is 2. The van der Waals surface area contributed by atoms with E-state index in [0.717, 1.165) is 12.2 Å². The molecule has 2 aliphatic rings. The number of nitrogens with two attached hydrogens (primary N) is 1. The summed E-state index contributed by atoms with van der Waals surface area (Å²) >= 11 is 0. The molecule has 2 fully saturated rings. The van der Waals surface area contributed by atoms with Gasteiger partial charge in [-0.2, -0.15) is 0 Å². The second-order valence-corrected chi connectivity index (χ2v) is 6.14. The van der Waals surface area contributed by atoms with Gasteiger partial charge in [-0.3, -0.25) is 0 Å². The van der Waals surface area contributed by atoms with Gasteiger partial charge in [0.25, 0.3) is 0 Å². The molecule has 0 bridgehead atoms. The predicted molar refractivity (Wildman–Crippen MR) is 79.4 cm³/mol. The van der Waals surface area contributed by atoms with Gasteiger partial charge < -0.3 is 15.4 Å². The Labute approximate surface area is 115 Å². The highest BCUT2D eigenvalue weighted by Crippen LogP contribution is 2.43. The lowest BCUT2D eigenvalue weighted by atomic mass is 9.98. The first kappa shape index (κ1) is 12.8. The average Bonchev–Trinajstić information content (AvgIpc) is 3.00. The van der Waals surface area contributed by atoms with E-state index >= 15 is 0 Å². The molecule has 1 saturated carbocycles. The Bertz CT molecular complexity index is 440. The van der Waals surface area contributed by atoms with Gasteiger partial charge in [-0.25, -0.2) is 0 Å². The van der Waals surface area contributed by atoms with E-state index in [1.165, 1.54) is 44.2 Å². The zero-order chi connectivity index (χ0) is 13.3. The molecule has 0 aromatic heterocycles. The Kier molecular flexibility index (Phi) is 3.40. The Hall–Kier alpha value is -1.22. The van der Waals surface area contributed by atoms with Crippen LogP contribution in [0.25, 0.3) is 0 Å². The minimum absolute atomic E-state index is 0.237. The van der Waals surface area contributed by atoms with Crippen molar-refractivity contribution in [2.45, 2.75) is 50.2 Å². The highest BCUT2D eigenvalue weighted by atomic mass is 16.5. The lowest BCUT2D eigenvalue weighted by Gasteiger charge is -2.27. The molecule has 1 aromatic rings. The standard InChI is InChI=1S/C16H24N2O/c1-18(14-6-4-5-13(17)11-14)12-15-7-10-16(19-15)8-2-3-9-16/h4-6,11,15H,2-3,7-10,12,17H2,1H3. The fraction of sp³-hybridized carbons (Fsp3) is 0.625. The van der Waals surface area contributed by atoms with Crippen molar-refractivity contribution in [2.75, 3.05) is 24.2 Å². The van der Waals surface area contributed by atoms with E-state index in [4.69, 9.17) is 10.5 Å². The Balaban J connectivity index is 1.60. The van der Waals surface area contributed by atoms with Crippen molar-refractivity contribution >= 4 is 11.4 Å². The van der Waals surface area contributed by atoms with Gasteiger partial charge in [0.1, 0.15) is 0 Å². The summed E-state index contributed by atoms with van der Waals surface area (Å²) in [6.45, 7) is 0.963. The molecule has 3 heteroatoms. The lowest BCUT2D eigenvalue weighted by molar-refractivity contribution is -0.0324. The zero-order valence-corrected chi connectivity index (χ0v) is 11.8. The van der Waals surface area contributed by atoms with Crippen LogP contribution >= 0.6 is 0 Å². The number of benzene rings is 1. The van der Waals surface area contributed by atoms with Gasteiger partial charge in [0, 0.05) is 25.0 Å². The van der Waals surface area contributed by atoms with E-state index in [-0.39, 0.29) is 5.60 Å². The topological polar surface area (TPSA) is 38.5 Å². The third-order valence-corrected chi connectivity index (χ3v) is 4.64. The van der Waals surface area contributed by atoms with Gasteiger partial charge in [0.15, 0.2) is 0 Å². The maximum absolute atomic E-state index is 6.36.